The van der Waals surface area contributed by atoms with E-state index in [4.69, 9.17) is 0 Å². The van der Waals surface area contributed by atoms with Crippen molar-refractivity contribution >= 4 is 32.8 Å². The quantitative estimate of drug-likeness (QED) is 0.728. The number of aromatic nitrogens is 1. The molecule has 1 heterocycles. The Morgan fingerprint density at radius 1 is 1.19 bits per heavy atom. The Labute approximate surface area is 125 Å². The molecule has 0 atom stereocenters. The monoisotopic (exact) mass is 295 g/mol. The second-order valence-corrected chi connectivity index (χ2v) is 5.31. The molecule has 1 aromatic heterocycles. The summed E-state index contributed by atoms with van der Waals surface area (Å²) in [5.74, 6) is -0.365. The van der Waals surface area contributed by atoms with Crippen LogP contribution in [-0.2, 0) is 0 Å². The molecule has 0 aliphatic heterocycles. The van der Waals surface area contributed by atoms with Crippen LogP contribution in [0.25, 0.3) is 15.8 Å². The van der Waals surface area contributed by atoms with Crippen LogP contribution in [0.15, 0.2) is 54.7 Å². The molecular formula is C16H10FN3S. The molecule has 3 nitrogen and oxygen atoms in total. The Morgan fingerprint density at radius 3 is 2.71 bits per heavy atom. The first kappa shape index (κ1) is 13.3. The van der Waals surface area contributed by atoms with Crippen LogP contribution in [0, 0.1) is 17.1 Å². The number of fused-ring (bicyclic) bond motifs is 1. The lowest BCUT2D eigenvalue weighted by atomic mass is 10.3. The number of benzene rings is 2. The Bertz CT molecular complexity index is 828. The highest BCUT2D eigenvalue weighted by Crippen LogP contribution is 2.26. The highest BCUT2D eigenvalue weighted by Gasteiger charge is 2.08. The van der Waals surface area contributed by atoms with Crippen LogP contribution in [0.5, 0.6) is 0 Å². The number of hydrogen-bond donors (Lipinski definition) is 1. The van der Waals surface area contributed by atoms with Gasteiger partial charge in [0.15, 0.2) is 0 Å². The van der Waals surface area contributed by atoms with Gasteiger partial charge in [-0.3, -0.25) is 0 Å². The number of nitriles is 1. The normalized spacial score (nSPS) is 11.3. The number of nitrogens with zero attached hydrogens (tertiary/aromatic N) is 2. The van der Waals surface area contributed by atoms with E-state index in [1.54, 1.807) is 18.2 Å². The molecule has 21 heavy (non-hydrogen) atoms. The molecular weight excluding hydrogens is 285 g/mol. The van der Waals surface area contributed by atoms with Crippen molar-refractivity contribution in [3.8, 4) is 6.07 Å². The van der Waals surface area contributed by atoms with Crippen molar-refractivity contribution in [1.82, 2.24) is 4.98 Å². The minimum Gasteiger partial charge on any atom is -0.358 e. The zero-order valence-electron chi connectivity index (χ0n) is 10.9. The van der Waals surface area contributed by atoms with E-state index >= 15 is 0 Å². The van der Waals surface area contributed by atoms with Crippen molar-refractivity contribution in [2.45, 2.75) is 0 Å². The second kappa shape index (κ2) is 5.73. The van der Waals surface area contributed by atoms with E-state index in [0.29, 0.717) is 16.3 Å². The summed E-state index contributed by atoms with van der Waals surface area (Å²) in [5, 5.41) is 12.7. The Hall–Kier alpha value is -2.71. The van der Waals surface area contributed by atoms with Crippen LogP contribution < -0.4 is 5.32 Å². The standard InChI is InChI=1S/C16H10FN3S/c17-12-5-1-2-6-13(12)19-10-11(9-18)16-20-14-7-3-4-8-15(14)21-16/h1-8,10,19H. The van der Waals surface area contributed by atoms with Crippen LogP contribution in [0.4, 0.5) is 10.1 Å². The number of nitrogens with one attached hydrogen (secondary N) is 1. The van der Waals surface area contributed by atoms with Gasteiger partial charge in [-0.05, 0) is 24.3 Å². The number of hydrogen-bond acceptors (Lipinski definition) is 4. The molecule has 0 bridgehead atoms. The van der Waals surface area contributed by atoms with Gasteiger partial charge in [-0.15, -0.1) is 11.3 Å². The molecule has 0 fully saturated rings. The van der Waals surface area contributed by atoms with Crippen molar-refractivity contribution in [1.29, 1.82) is 5.26 Å². The minimum atomic E-state index is -0.365. The van der Waals surface area contributed by atoms with Gasteiger partial charge in [0.25, 0.3) is 0 Å². The summed E-state index contributed by atoms with van der Waals surface area (Å²) in [4.78, 5) is 4.41. The summed E-state index contributed by atoms with van der Waals surface area (Å²) < 4.78 is 14.5. The van der Waals surface area contributed by atoms with Crippen molar-refractivity contribution in [3.63, 3.8) is 0 Å². The van der Waals surface area contributed by atoms with Crippen LogP contribution >= 0.6 is 11.3 Å². The third-order valence-electron chi connectivity index (χ3n) is 2.89. The summed E-state index contributed by atoms with van der Waals surface area (Å²) in [6.45, 7) is 0. The van der Waals surface area contributed by atoms with E-state index < -0.39 is 0 Å². The van der Waals surface area contributed by atoms with E-state index in [2.05, 4.69) is 16.4 Å². The highest BCUT2D eigenvalue weighted by molar-refractivity contribution is 7.19. The van der Waals surface area contributed by atoms with Gasteiger partial charge in [0.05, 0.1) is 15.9 Å². The van der Waals surface area contributed by atoms with E-state index in [9.17, 15) is 9.65 Å². The molecule has 0 saturated heterocycles. The number of rotatable bonds is 3. The molecule has 1 N–H and O–H groups in total. The Balaban J connectivity index is 1.93. The topological polar surface area (TPSA) is 48.7 Å². The first-order valence-corrected chi connectivity index (χ1v) is 7.07. The smallest absolute Gasteiger partial charge is 0.146 e. The van der Waals surface area contributed by atoms with Crippen LogP contribution in [-0.4, -0.2) is 4.98 Å². The van der Waals surface area contributed by atoms with Gasteiger partial charge in [-0.1, -0.05) is 24.3 Å². The van der Waals surface area contributed by atoms with E-state index in [0.717, 1.165) is 10.2 Å². The molecule has 5 heteroatoms. The lowest BCUT2D eigenvalue weighted by Crippen LogP contribution is -1.93. The molecule has 0 radical (unpaired) electrons. The fourth-order valence-corrected chi connectivity index (χ4v) is 2.79. The molecule has 2 aromatic carbocycles. The van der Waals surface area contributed by atoms with E-state index in [-0.39, 0.29) is 5.82 Å². The van der Waals surface area contributed by atoms with Gasteiger partial charge in [0.2, 0.25) is 0 Å². The summed E-state index contributed by atoms with van der Waals surface area (Å²) in [7, 11) is 0. The van der Waals surface area contributed by atoms with Gasteiger partial charge in [-0.2, -0.15) is 5.26 Å². The maximum absolute atomic E-state index is 13.5. The number of thiazole rings is 1. The average Bonchev–Trinajstić information content (AvgIpc) is 2.93. The van der Waals surface area contributed by atoms with Crippen molar-refractivity contribution in [2.24, 2.45) is 0 Å². The number of para-hydroxylation sites is 2. The molecule has 0 aliphatic rings. The number of anilines is 1. The van der Waals surface area contributed by atoms with Crippen LogP contribution in [0.1, 0.15) is 5.01 Å². The van der Waals surface area contributed by atoms with E-state index in [1.807, 2.05) is 24.3 Å². The fraction of sp³-hybridized carbons (Fsp3) is 0. The molecule has 0 spiro atoms. The van der Waals surface area contributed by atoms with Crippen LogP contribution in [0.2, 0.25) is 0 Å². The summed E-state index contributed by atoms with van der Waals surface area (Å²) >= 11 is 1.43. The van der Waals surface area contributed by atoms with Crippen molar-refractivity contribution in [3.05, 3.63) is 65.6 Å². The maximum atomic E-state index is 13.5. The van der Waals surface area contributed by atoms with Gasteiger partial charge in [0.1, 0.15) is 22.5 Å². The first-order chi connectivity index (χ1) is 10.3. The fourth-order valence-electron chi connectivity index (χ4n) is 1.86. The van der Waals surface area contributed by atoms with E-state index in [1.165, 1.54) is 23.6 Å². The summed E-state index contributed by atoms with van der Waals surface area (Å²) in [6, 6.07) is 16.1. The van der Waals surface area contributed by atoms with Gasteiger partial charge in [0, 0.05) is 6.20 Å². The molecule has 3 rings (SSSR count). The Kier molecular flexibility index (Phi) is 3.63. The van der Waals surface area contributed by atoms with Gasteiger partial charge < -0.3 is 5.32 Å². The molecule has 0 amide bonds. The molecule has 102 valence electrons. The van der Waals surface area contributed by atoms with Gasteiger partial charge in [-0.25, -0.2) is 9.37 Å². The molecule has 0 saturated carbocycles. The predicted molar refractivity (Wildman–Crippen MR) is 83.2 cm³/mol. The maximum Gasteiger partial charge on any atom is 0.146 e. The zero-order chi connectivity index (χ0) is 14.7. The lowest BCUT2D eigenvalue weighted by Gasteiger charge is -2.02. The minimum absolute atomic E-state index is 0.325. The zero-order valence-corrected chi connectivity index (χ0v) is 11.7. The predicted octanol–water partition coefficient (Wildman–Crippen LogP) is 4.41. The highest BCUT2D eigenvalue weighted by atomic mass is 32.1. The number of halogens is 1. The largest absolute Gasteiger partial charge is 0.358 e. The first-order valence-electron chi connectivity index (χ1n) is 6.25. The lowest BCUT2D eigenvalue weighted by molar-refractivity contribution is 0.632. The Morgan fingerprint density at radius 2 is 1.95 bits per heavy atom. The molecule has 0 aliphatic carbocycles. The summed E-state index contributed by atoms with van der Waals surface area (Å²) in [6.07, 6.45) is 1.48. The number of allylic oxidation sites excluding steroid dienone is 1. The molecule has 0 unspecified atom stereocenters. The second-order valence-electron chi connectivity index (χ2n) is 4.28. The SMILES string of the molecule is N#CC(=CNc1ccccc1F)c1nc2ccccc2s1. The molecule has 3 aromatic rings. The summed E-state index contributed by atoms with van der Waals surface area (Å²) in [5.41, 5.74) is 1.55. The average molecular weight is 295 g/mol. The third-order valence-corrected chi connectivity index (χ3v) is 3.96. The van der Waals surface area contributed by atoms with Gasteiger partial charge >= 0.3 is 0 Å². The third kappa shape index (κ3) is 2.76. The van der Waals surface area contributed by atoms with Crippen molar-refractivity contribution < 1.29 is 4.39 Å². The van der Waals surface area contributed by atoms with Crippen LogP contribution in [0.3, 0.4) is 0 Å². The van der Waals surface area contributed by atoms with Crippen molar-refractivity contribution in [2.75, 3.05) is 5.32 Å².